The predicted molar refractivity (Wildman–Crippen MR) is 119 cm³/mol. The van der Waals surface area contributed by atoms with Gasteiger partial charge in [0, 0.05) is 22.0 Å². The third-order valence-corrected chi connectivity index (χ3v) is 5.65. The topological polar surface area (TPSA) is 59.8 Å². The molecule has 5 nitrogen and oxygen atoms in total. The van der Waals surface area contributed by atoms with E-state index in [0.29, 0.717) is 26.6 Å². The van der Waals surface area contributed by atoms with Crippen molar-refractivity contribution in [1.82, 2.24) is 14.8 Å². The first-order chi connectivity index (χ1) is 13.9. The van der Waals surface area contributed by atoms with Crippen LogP contribution in [0.3, 0.4) is 0 Å². The highest BCUT2D eigenvalue weighted by Crippen LogP contribution is 2.27. The molecule has 0 aliphatic rings. The normalized spacial score (nSPS) is 10.9. The van der Waals surface area contributed by atoms with E-state index in [9.17, 15) is 4.79 Å². The average molecular weight is 443 g/mol. The van der Waals surface area contributed by atoms with Crippen molar-refractivity contribution in [3.8, 4) is 16.4 Å². The number of hydrogen-bond donors (Lipinski definition) is 1. The van der Waals surface area contributed by atoms with Crippen LogP contribution in [0.4, 0.5) is 5.82 Å². The first-order valence-electron chi connectivity index (χ1n) is 8.77. The van der Waals surface area contributed by atoms with E-state index in [0.717, 1.165) is 17.0 Å². The van der Waals surface area contributed by atoms with Gasteiger partial charge in [-0.05, 0) is 32.0 Å². The van der Waals surface area contributed by atoms with E-state index < -0.39 is 0 Å². The summed E-state index contributed by atoms with van der Waals surface area (Å²) in [6.45, 7) is 3.90. The zero-order chi connectivity index (χ0) is 20.5. The second-order valence-corrected chi connectivity index (χ2v) is 8.22. The summed E-state index contributed by atoms with van der Waals surface area (Å²) >= 11 is 13.6. The van der Waals surface area contributed by atoms with E-state index in [1.807, 2.05) is 43.5 Å². The van der Waals surface area contributed by atoms with Crippen LogP contribution in [0.25, 0.3) is 16.4 Å². The van der Waals surface area contributed by atoms with Gasteiger partial charge >= 0.3 is 0 Å². The Morgan fingerprint density at radius 3 is 2.59 bits per heavy atom. The molecule has 2 aromatic carbocycles. The highest BCUT2D eigenvalue weighted by atomic mass is 35.5. The van der Waals surface area contributed by atoms with Crippen molar-refractivity contribution in [2.75, 3.05) is 5.32 Å². The van der Waals surface area contributed by atoms with Crippen molar-refractivity contribution >= 4 is 46.3 Å². The lowest BCUT2D eigenvalue weighted by molar-refractivity contribution is 0.102. The molecule has 0 atom stereocenters. The molecule has 2 aromatic heterocycles. The molecule has 29 heavy (non-hydrogen) atoms. The number of aromatic nitrogens is 3. The van der Waals surface area contributed by atoms with Crippen molar-refractivity contribution in [3.63, 3.8) is 0 Å². The van der Waals surface area contributed by atoms with Crippen LogP contribution in [0.15, 0.2) is 53.9 Å². The predicted octanol–water partition coefficient (Wildman–Crippen LogP) is 6.17. The number of rotatable bonds is 4. The first kappa shape index (κ1) is 19.6. The molecule has 0 aliphatic carbocycles. The van der Waals surface area contributed by atoms with Gasteiger partial charge in [-0.3, -0.25) is 4.79 Å². The average Bonchev–Trinajstić information content (AvgIpc) is 3.31. The molecule has 0 radical (unpaired) electrons. The first-order valence-corrected chi connectivity index (χ1v) is 10.4. The minimum Gasteiger partial charge on any atom is -0.306 e. The number of aryl methyl sites for hydroxylation is 2. The molecule has 1 amide bonds. The van der Waals surface area contributed by atoms with Crippen LogP contribution >= 0.6 is 34.5 Å². The summed E-state index contributed by atoms with van der Waals surface area (Å²) in [5.41, 5.74) is 4.12. The van der Waals surface area contributed by atoms with Gasteiger partial charge in [0.25, 0.3) is 5.91 Å². The molecule has 0 unspecified atom stereocenters. The number of benzene rings is 2. The van der Waals surface area contributed by atoms with Gasteiger partial charge in [-0.15, -0.1) is 11.3 Å². The zero-order valence-electron chi connectivity index (χ0n) is 15.6. The lowest BCUT2D eigenvalue weighted by atomic mass is 10.1. The van der Waals surface area contributed by atoms with Crippen molar-refractivity contribution in [2.45, 2.75) is 13.8 Å². The molecular formula is C21H16Cl2N4OS. The second-order valence-electron chi connectivity index (χ2n) is 6.54. The monoisotopic (exact) mass is 442 g/mol. The molecule has 0 saturated carbocycles. The third-order valence-electron chi connectivity index (χ3n) is 4.27. The van der Waals surface area contributed by atoms with Gasteiger partial charge in [-0.2, -0.15) is 9.78 Å². The van der Waals surface area contributed by atoms with E-state index in [4.69, 9.17) is 23.2 Å². The lowest BCUT2D eigenvalue weighted by Crippen LogP contribution is -2.15. The molecule has 0 fully saturated rings. The molecule has 4 aromatic rings. The van der Waals surface area contributed by atoms with Crippen LogP contribution in [-0.2, 0) is 0 Å². The van der Waals surface area contributed by atoms with Crippen LogP contribution in [-0.4, -0.2) is 20.7 Å². The highest BCUT2D eigenvalue weighted by Gasteiger charge is 2.17. The van der Waals surface area contributed by atoms with Crippen molar-refractivity contribution in [2.24, 2.45) is 0 Å². The molecule has 0 aliphatic heterocycles. The maximum atomic E-state index is 12.7. The number of hydrogen-bond acceptors (Lipinski definition) is 4. The Balaban J connectivity index is 1.64. The Morgan fingerprint density at radius 1 is 1.07 bits per heavy atom. The van der Waals surface area contributed by atoms with Gasteiger partial charge in [0.15, 0.2) is 0 Å². The summed E-state index contributed by atoms with van der Waals surface area (Å²) in [6, 6.07) is 14.7. The summed E-state index contributed by atoms with van der Waals surface area (Å²) < 4.78 is 1.62. The maximum absolute atomic E-state index is 12.7. The van der Waals surface area contributed by atoms with Gasteiger partial charge in [0.05, 0.1) is 22.0 Å². The number of amides is 1. The number of carbonyl (C=O) groups excluding carboxylic acids is 1. The largest absolute Gasteiger partial charge is 0.306 e. The van der Waals surface area contributed by atoms with E-state index in [1.165, 1.54) is 23.0 Å². The van der Waals surface area contributed by atoms with Crippen molar-refractivity contribution in [3.05, 3.63) is 80.8 Å². The number of nitrogens with zero attached hydrogens (tertiary/aromatic N) is 3. The number of anilines is 1. The zero-order valence-corrected chi connectivity index (χ0v) is 17.9. The van der Waals surface area contributed by atoms with Crippen LogP contribution < -0.4 is 5.32 Å². The fraction of sp³-hybridized carbons (Fsp3) is 0.0952. The van der Waals surface area contributed by atoms with Gasteiger partial charge < -0.3 is 5.32 Å². The Kier molecular flexibility index (Phi) is 5.41. The molecule has 146 valence electrons. The van der Waals surface area contributed by atoms with Crippen LogP contribution in [0.5, 0.6) is 0 Å². The van der Waals surface area contributed by atoms with E-state index in [2.05, 4.69) is 15.4 Å². The molecule has 0 saturated heterocycles. The van der Waals surface area contributed by atoms with Crippen molar-refractivity contribution in [1.29, 1.82) is 0 Å². The molecule has 4 rings (SSSR count). The van der Waals surface area contributed by atoms with E-state index in [-0.39, 0.29) is 5.91 Å². The molecule has 0 bridgehead atoms. The van der Waals surface area contributed by atoms with Gasteiger partial charge in [0.1, 0.15) is 5.82 Å². The van der Waals surface area contributed by atoms with Crippen LogP contribution in [0.1, 0.15) is 21.6 Å². The maximum Gasteiger partial charge on any atom is 0.258 e. The fourth-order valence-electron chi connectivity index (χ4n) is 2.81. The minimum atomic E-state index is -0.367. The molecule has 8 heteroatoms. The molecule has 0 spiro atoms. The van der Waals surface area contributed by atoms with Crippen molar-refractivity contribution < 1.29 is 4.79 Å². The van der Waals surface area contributed by atoms with Crippen LogP contribution in [0.2, 0.25) is 10.0 Å². The summed E-state index contributed by atoms with van der Waals surface area (Å²) in [6.07, 6.45) is 0. The molecular weight excluding hydrogens is 427 g/mol. The summed E-state index contributed by atoms with van der Waals surface area (Å²) in [4.78, 5) is 17.4. The Hall–Kier alpha value is -2.67. The second kappa shape index (κ2) is 7.99. The third kappa shape index (κ3) is 4.19. The van der Waals surface area contributed by atoms with Gasteiger partial charge in [0.2, 0.25) is 5.13 Å². The summed E-state index contributed by atoms with van der Waals surface area (Å²) in [7, 11) is 0. The van der Waals surface area contributed by atoms with Crippen LogP contribution in [0, 0.1) is 13.8 Å². The Bertz CT molecular complexity index is 1200. The fourth-order valence-corrected chi connectivity index (χ4v) is 3.98. The van der Waals surface area contributed by atoms with Gasteiger partial charge in [-0.25, -0.2) is 4.98 Å². The molecule has 2 heterocycles. The highest BCUT2D eigenvalue weighted by molar-refractivity contribution is 7.12. The van der Waals surface area contributed by atoms with E-state index >= 15 is 0 Å². The standard InChI is InChI=1S/C21H16Cl2N4OS/c1-12-3-5-14(6-4-12)18-11-29-21(24-18)27-19(9-13(2)26-27)25-20(28)16-10-15(22)7-8-17(16)23/h3-11H,1-2H3,(H,25,28). The number of thiazole rings is 1. The Morgan fingerprint density at radius 2 is 1.83 bits per heavy atom. The molecule has 1 N–H and O–H groups in total. The summed E-state index contributed by atoms with van der Waals surface area (Å²) in [5, 5.41) is 10.7. The van der Waals surface area contributed by atoms with Gasteiger partial charge in [-0.1, -0.05) is 53.0 Å². The lowest BCUT2D eigenvalue weighted by Gasteiger charge is -2.08. The smallest absolute Gasteiger partial charge is 0.258 e. The summed E-state index contributed by atoms with van der Waals surface area (Å²) in [5.74, 6) is 0.141. The number of carbonyl (C=O) groups is 1. The van der Waals surface area contributed by atoms with E-state index in [1.54, 1.807) is 22.9 Å². The quantitative estimate of drug-likeness (QED) is 0.410. The number of halogens is 2. The SMILES string of the molecule is Cc1ccc(-c2csc(-n3nc(C)cc3NC(=O)c3cc(Cl)ccc3Cl)n2)cc1. The number of nitrogens with one attached hydrogen (secondary N) is 1. The Labute approximate surface area is 181 Å². The minimum absolute atomic E-state index is 0.295.